The molecule has 0 aliphatic rings. The number of rotatable bonds is 7. The van der Waals surface area contributed by atoms with Gasteiger partial charge in [0.2, 0.25) is 0 Å². The van der Waals surface area contributed by atoms with E-state index < -0.39 is 10.0 Å². The second-order valence-corrected chi connectivity index (χ2v) is 4.73. The maximum absolute atomic E-state index is 11.5. The van der Waals surface area contributed by atoms with Crippen LogP contribution in [-0.2, 0) is 14.8 Å². The summed E-state index contributed by atoms with van der Waals surface area (Å²) in [6.07, 6.45) is 1.37. The first-order chi connectivity index (χ1) is 7.17. The Morgan fingerprint density at radius 2 is 2.33 bits per heavy atom. The number of hydrogen-bond acceptors (Lipinski definition) is 4. The number of ether oxygens (including phenoxy) is 1. The number of nitrogens with one attached hydrogen (secondary N) is 2. The van der Waals surface area contributed by atoms with E-state index in [1.807, 2.05) is 0 Å². The summed E-state index contributed by atoms with van der Waals surface area (Å²) in [5.41, 5.74) is 0. The van der Waals surface area contributed by atoms with E-state index in [0.717, 1.165) is 0 Å². The Kier molecular flexibility index (Phi) is 5.03. The minimum atomic E-state index is -3.49. The van der Waals surface area contributed by atoms with Crippen LogP contribution in [0.15, 0.2) is 17.3 Å². The third-order valence-corrected chi connectivity index (χ3v) is 3.07. The Balaban J connectivity index is 2.32. The van der Waals surface area contributed by atoms with Crippen LogP contribution in [0.2, 0.25) is 0 Å². The van der Waals surface area contributed by atoms with E-state index >= 15 is 0 Å². The van der Waals surface area contributed by atoms with Gasteiger partial charge < -0.3 is 4.74 Å². The summed E-state index contributed by atoms with van der Waals surface area (Å²) in [7, 11) is -3.49. The summed E-state index contributed by atoms with van der Waals surface area (Å²) in [5, 5.41) is 5.96. The van der Waals surface area contributed by atoms with Crippen molar-refractivity contribution in [2.75, 3.05) is 25.6 Å². The van der Waals surface area contributed by atoms with Crippen molar-refractivity contribution in [1.82, 2.24) is 14.9 Å². The molecular weight excluding hydrogens is 242 g/mol. The average Bonchev–Trinajstić information content (AvgIpc) is 2.70. The van der Waals surface area contributed by atoms with E-state index in [1.165, 1.54) is 12.3 Å². The van der Waals surface area contributed by atoms with E-state index in [2.05, 4.69) is 14.9 Å². The van der Waals surface area contributed by atoms with Gasteiger partial charge >= 0.3 is 0 Å². The summed E-state index contributed by atoms with van der Waals surface area (Å²) in [6.45, 7) is 0.908. The molecule has 86 valence electrons. The number of H-pyrrole nitrogens is 1. The van der Waals surface area contributed by atoms with E-state index in [0.29, 0.717) is 19.1 Å². The lowest BCUT2D eigenvalue weighted by atomic mass is 10.7. The monoisotopic (exact) mass is 253 g/mol. The van der Waals surface area contributed by atoms with Gasteiger partial charge in [0.1, 0.15) is 0 Å². The number of nitrogens with zero attached hydrogens (tertiary/aromatic N) is 1. The molecule has 1 heterocycles. The lowest BCUT2D eigenvalue weighted by Crippen LogP contribution is -2.28. The molecule has 0 unspecified atom stereocenters. The highest BCUT2D eigenvalue weighted by Crippen LogP contribution is 2.00. The molecule has 0 amide bonds. The first-order valence-corrected chi connectivity index (χ1v) is 6.31. The Morgan fingerprint density at radius 1 is 1.53 bits per heavy atom. The lowest BCUT2D eigenvalue weighted by molar-refractivity contribution is 0.155. The van der Waals surface area contributed by atoms with Crippen molar-refractivity contribution >= 4 is 21.6 Å². The molecule has 0 radical (unpaired) electrons. The highest BCUT2D eigenvalue weighted by Gasteiger charge is 2.13. The maximum atomic E-state index is 11.5. The van der Waals surface area contributed by atoms with Gasteiger partial charge in [-0.3, -0.25) is 5.10 Å². The van der Waals surface area contributed by atoms with E-state index in [1.54, 1.807) is 0 Å². The number of alkyl halides is 1. The number of hydrogen-bond donors (Lipinski definition) is 2. The van der Waals surface area contributed by atoms with Crippen LogP contribution in [0.3, 0.4) is 0 Å². The summed E-state index contributed by atoms with van der Waals surface area (Å²) in [4.78, 5) is 0. The third kappa shape index (κ3) is 4.17. The lowest BCUT2D eigenvalue weighted by Gasteiger charge is -2.04. The zero-order valence-electron chi connectivity index (χ0n) is 7.94. The molecule has 8 heteroatoms. The molecule has 1 aromatic heterocycles. The maximum Gasteiger partial charge on any atom is 0.257 e. The van der Waals surface area contributed by atoms with Crippen molar-refractivity contribution in [3.63, 3.8) is 0 Å². The second kappa shape index (κ2) is 6.06. The molecule has 0 aromatic carbocycles. The topological polar surface area (TPSA) is 84.1 Å². The van der Waals surface area contributed by atoms with Crippen LogP contribution in [0.1, 0.15) is 0 Å². The fourth-order valence-corrected chi connectivity index (χ4v) is 1.90. The average molecular weight is 254 g/mol. The Bertz CT molecular complexity index is 365. The quantitative estimate of drug-likeness (QED) is 0.527. The van der Waals surface area contributed by atoms with Crippen LogP contribution in [0.25, 0.3) is 0 Å². The fraction of sp³-hybridized carbons (Fsp3) is 0.571. The smallest absolute Gasteiger partial charge is 0.257 e. The van der Waals surface area contributed by atoms with Crippen LogP contribution in [0.4, 0.5) is 0 Å². The van der Waals surface area contributed by atoms with Gasteiger partial charge in [0.05, 0.1) is 19.4 Å². The van der Waals surface area contributed by atoms with Gasteiger partial charge in [-0.05, 0) is 6.07 Å². The molecule has 0 fully saturated rings. The SMILES string of the molecule is O=S(=O)(NCCOCCCl)c1ccn[nH]1. The predicted octanol–water partition coefficient (Wildman–Crippen LogP) is -0.0566. The minimum absolute atomic E-state index is 0.0415. The Morgan fingerprint density at radius 3 is 2.93 bits per heavy atom. The molecule has 15 heavy (non-hydrogen) atoms. The molecule has 0 saturated carbocycles. The molecule has 0 spiro atoms. The molecular formula is C7H12ClN3O3S. The van der Waals surface area contributed by atoms with Gasteiger partial charge in [0.25, 0.3) is 10.0 Å². The van der Waals surface area contributed by atoms with E-state index in [4.69, 9.17) is 16.3 Å². The zero-order valence-corrected chi connectivity index (χ0v) is 9.51. The predicted molar refractivity (Wildman–Crippen MR) is 55.3 cm³/mol. The van der Waals surface area contributed by atoms with Gasteiger partial charge in [-0.1, -0.05) is 0 Å². The Hall–Kier alpha value is -0.630. The van der Waals surface area contributed by atoms with E-state index in [-0.39, 0.29) is 11.6 Å². The van der Waals surface area contributed by atoms with Gasteiger partial charge in [0.15, 0.2) is 5.03 Å². The molecule has 0 aliphatic heterocycles. The molecule has 0 saturated heterocycles. The van der Waals surface area contributed by atoms with Crippen LogP contribution >= 0.6 is 11.6 Å². The first-order valence-electron chi connectivity index (χ1n) is 4.29. The number of aromatic nitrogens is 2. The molecule has 6 nitrogen and oxygen atoms in total. The van der Waals surface area contributed by atoms with Gasteiger partial charge in [-0.2, -0.15) is 5.10 Å². The van der Waals surface area contributed by atoms with Gasteiger partial charge in [0, 0.05) is 12.4 Å². The van der Waals surface area contributed by atoms with Crippen LogP contribution in [0, 0.1) is 0 Å². The summed E-state index contributed by atoms with van der Waals surface area (Å²) < 4.78 is 30.3. The largest absolute Gasteiger partial charge is 0.379 e. The first kappa shape index (κ1) is 12.4. The Labute approximate surface area is 93.0 Å². The van der Waals surface area contributed by atoms with Gasteiger partial charge in [-0.15, -0.1) is 11.6 Å². The van der Waals surface area contributed by atoms with Crippen LogP contribution in [-0.4, -0.2) is 44.3 Å². The summed E-state index contributed by atoms with van der Waals surface area (Å²) in [6, 6.07) is 1.38. The number of sulfonamides is 1. The molecule has 0 atom stereocenters. The normalized spacial score (nSPS) is 11.8. The molecule has 1 aromatic rings. The van der Waals surface area contributed by atoms with Crippen molar-refractivity contribution in [2.24, 2.45) is 0 Å². The molecule has 1 rings (SSSR count). The number of halogens is 1. The third-order valence-electron chi connectivity index (χ3n) is 1.52. The van der Waals surface area contributed by atoms with Crippen molar-refractivity contribution in [2.45, 2.75) is 5.03 Å². The second-order valence-electron chi connectivity index (χ2n) is 2.62. The van der Waals surface area contributed by atoms with Crippen LogP contribution in [0.5, 0.6) is 0 Å². The van der Waals surface area contributed by atoms with Crippen molar-refractivity contribution in [3.8, 4) is 0 Å². The summed E-state index contributed by atoms with van der Waals surface area (Å²) in [5.74, 6) is 0.396. The van der Waals surface area contributed by atoms with E-state index in [9.17, 15) is 8.42 Å². The fourth-order valence-electron chi connectivity index (χ4n) is 0.875. The molecule has 2 N–H and O–H groups in total. The summed E-state index contributed by atoms with van der Waals surface area (Å²) >= 11 is 5.37. The zero-order chi connectivity index (χ0) is 11.1. The molecule has 0 bridgehead atoms. The molecule has 0 aliphatic carbocycles. The van der Waals surface area contributed by atoms with Crippen molar-refractivity contribution in [3.05, 3.63) is 12.3 Å². The standard InChI is InChI=1S/C7H12ClN3O3S/c8-2-5-14-6-4-10-15(12,13)7-1-3-9-11-7/h1,3,10H,2,4-6H2,(H,9,11). The highest BCUT2D eigenvalue weighted by atomic mass is 35.5. The van der Waals surface area contributed by atoms with Gasteiger partial charge in [-0.25, -0.2) is 13.1 Å². The van der Waals surface area contributed by atoms with Crippen molar-refractivity contribution in [1.29, 1.82) is 0 Å². The minimum Gasteiger partial charge on any atom is -0.379 e. The van der Waals surface area contributed by atoms with Crippen LogP contribution < -0.4 is 4.72 Å². The highest BCUT2D eigenvalue weighted by molar-refractivity contribution is 7.89. The number of aromatic amines is 1. The van der Waals surface area contributed by atoms with Crippen molar-refractivity contribution < 1.29 is 13.2 Å².